The monoisotopic (exact) mass is 378 g/mol. The van der Waals surface area contributed by atoms with Crippen LogP contribution in [0.25, 0.3) is 0 Å². The quantitative estimate of drug-likeness (QED) is 0.843. The molecule has 1 aromatic carbocycles. The lowest BCUT2D eigenvalue weighted by atomic mass is 9.89. The number of nitrogens with zero attached hydrogens (tertiary/aromatic N) is 1. The molecule has 2 amide bonds. The molecule has 27 heavy (non-hydrogen) atoms. The second kappa shape index (κ2) is 8.81. The molecule has 1 unspecified atom stereocenters. The molecule has 6 heteroatoms. The Labute approximate surface area is 159 Å². The molecule has 1 N–H and O–H groups in total. The largest absolute Gasteiger partial charge is 0.349 e. The summed E-state index contributed by atoms with van der Waals surface area (Å²) in [6, 6.07) is 3.20. The summed E-state index contributed by atoms with van der Waals surface area (Å²) in [6.07, 6.45) is 6.04. The maximum Gasteiger partial charge on any atom is 0.220 e. The highest BCUT2D eigenvalue weighted by atomic mass is 19.1. The molecule has 0 spiro atoms. The lowest BCUT2D eigenvalue weighted by molar-refractivity contribution is -0.130. The summed E-state index contributed by atoms with van der Waals surface area (Å²) < 4.78 is 27.6. The standard InChI is InChI=1S/C21H28F2N2O2/c1-14(26)25-10-8-15(9-11-25)12-20(27)24-21(16-4-2-3-5-16)18-7-6-17(22)13-19(18)23/h6-7,13,15-16,21H,2-5,8-12H2,1H3,(H,24,27). The fourth-order valence-electron chi connectivity index (χ4n) is 4.44. The van der Waals surface area contributed by atoms with Crippen molar-refractivity contribution in [2.24, 2.45) is 11.8 Å². The summed E-state index contributed by atoms with van der Waals surface area (Å²) in [6.45, 7) is 2.94. The summed E-state index contributed by atoms with van der Waals surface area (Å²) in [5.41, 5.74) is 0.378. The summed E-state index contributed by atoms with van der Waals surface area (Å²) in [5, 5.41) is 3.03. The van der Waals surface area contributed by atoms with Gasteiger partial charge in [-0.25, -0.2) is 8.78 Å². The van der Waals surface area contributed by atoms with Gasteiger partial charge in [-0.15, -0.1) is 0 Å². The van der Waals surface area contributed by atoms with Gasteiger partial charge in [0.25, 0.3) is 0 Å². The average Bonchev–Trinajstić information content (AvgIpc) is 3.15. The van der Waals surface area contributed by atoms with Crippen LogP contribution in [0.15, 0.2) is 18.2 Å². The SMILES string of the molecule is CC(=O)N1CCC(CC(=O)NC(c2ccc(F)cc2F)C2CCCC2)CC1. The minimum atomic E-state index is -0.607. The third-order valence-electron chi connectivity index (χ3n) is 6.02. The zero-order valence-electron chi connectivity index (χ0n) is 15.8. The lowest BCUT2D eigenvalue weighted by Crippen LogP contribution is -2.39. The number of amides is 2. The number of piperidine rings is 1. The van der Waals surface area contributed by atoms with Crippen LogP contribution in [0.1, 0.15) is 63.5 Å². The van der Waals surface area contributed by atoms with E-state index in [1.165, 1.54) is 12.1 Å². The Morgan fingerprint density at radius 3 is 2.41 bits per heavy atom. The Morgan fingerprint density at radius 2 is 1.81 bits per heavy atom. The van der Waals surface area contributed by atoms with Gasteiger partial charge in [0.2, 0.25) is 11.8 Å². The molecule has 4 nitrogen and oxygen atoms in total. The van der Waals surface area contributed by atoms with Crippen molar-refractivity contribution in [3.63, 3.8) is 0 Å². The number of benzene rings is 1. The van der Waals surface area contributed by atoms with Crippen LogP contribution in [0, 0.1) is 23.5 Å². The van der Waals surface area contributed by atoms with Gasteiger partial charge in [0.1, 0.15) is 11.6 Å². The Morgan fingerprint density at radius 1 is 1.15 bits per heavy atom. The molecule has 2 fully saturated rings. The van der Waals surface area contributed by atoms with Crippen LogP contribution < -0.4 is 5.32 Å². The third-order valence-corrected chi connectivity index (χ3v) is 6.02. The van der Waals surface area contributed by atoms with Crippen LogP contribution in [0.3, 0.4) is 0 Å². The van der Waals surface area contributed by atoms with Gasteiger partial charge in [-0.05, 0) is 43.6 Å². The highest BCUT2D eigenvalue weighted by Gasteiger charge is 2.31. The van der Waals surface area contributed by atoms with E-state index in [1.54, 1.807) is 6.92 Å². The highest BCUT2D eigenvalue weighted by Crippen LogP contribution is 2.37. The zero-order valence-corrected chi connectivity index (χ0v) is 15.8. The van der Waals surface area contributed by atoms with Crippen molar-refractivity contribution >= 4 is 11.8 Å². The maximum atomic E-state index is 14.4. The van der Waals surface area contributed by atoms with Crippen LogP contribution in [0.5, 0.6) is 0 Å². The molecular weight excluding hydrogens is 350 g/mol. The summed E-state index contributed by atoms with van der Waals surface area (Å²) >= 11 is 0. The van der Waals surface area contributed by atoms with E-state index in [1.807, 2.05) is 4.90 Å². The highest BCUT2D eigenvalue weighted by molar-refractivity contribution is 5.77. The van der Waals surface area contributed by atoms with E-state index < -0.39 is 17.7 Å². The van der Waals surface area contributed by atoms with E-state index in [0.29, 0.717) is 25.1 Å². The molecule has 0 bridgehead atoms. The third kappa shape index (κ3) is 5.05. The van der Waals surface area contributed by atoms with Crippen LogP contribution in [-0.4, -0.2) is 29.8 Å². The van der Waals surface area contributed by atoms with Crippen molar-refractivity contribution < 1.29 is 18.4 Å². The number of hydrogen-bond acceptors (Lipinski definition) is 2. The number of likely N-dealkylation sites (tertiary alicyclic amines) is 1. The van der Waals surface area contributed by atoms with E-state index in [9.17, 15) is 18.4 Å². The van der Waals surface area contributed by atoms with Crippen molar-refractivity contribution in [2.45, 2.75) is 57.9 Å². The molecule has 1 aliphatic heterocycles. The van der Waals surface area contributed by atoms with Crippen molar-refractivity contribution in [3.05, 3.63) is 35.4 Å². The Bertz CT molecular complexity index is 681. The molecule has 2 aliphatic rings. The number of nitrogens with one attached hydrogen (secondary N) is 1. The van der Waals surface area contributed by atoms with Crippen molar-refractivity contribution in [1.82, 2.24) is 10.2 Å². The molecular formula is C21H28F2N2O2. The van der Waals surface area contributed by atoms with Crippen LogP contribution in [0.2, 0.25) is 0 Å². The second-order valence-electron chi connectivity index (χ2n) is 7.91. The van der Waals surface area contributed by atoms with Gasteiger partial charge in [0.15, 0.2) is 0 Å². The molecule has 0 aromatic heterocycles. The van der Waals surface area contributed by atoms with Crippen molar-refractivity contribution in [2.75, 3.05) is 13.1 Å². The topological polar surface area (TPSA) is 49.4 Å². The predicted octanol–water partition coefficient (Wildman–Crippen LogP) is 3.96. The maximum absolute atomic E-state index is 14.4. The first-order valence-electron chi connectivity index (χ1n) is 9.94. The number of hydrogen-bond donors (Lipinski definition) is 1. The number of carbonyl (C=O) groups is 2. The summed E-state index contributed by atoms with van der Waals surface area (Å²) in [4.78, 5) is 25.9. The van der Waals surface area contributed by atoms with Gasteiger partial charge in [-0.1, -0.05) is 18.9 Å². The number of carbonyl (C=O) groups excluding carboxylic acids is 2. The number of rotatable bonds is 5. The van der Waals surface area contributed by atoms with Crippen LogP contribution in [-0.2, 0) is 9.59 Å². The van der Waals surface area contributed by atoms with Crippen LogP contribution in [0.4, 0.5) is 8.78 Å². The van der Waals surface area contributed by atoms with Gasteiger partial charge >= 0.3 is 0 Å². The Hall–Kier alpha value is -1.98. The molecule has 1 atom stereocenters. The molecule has 1 aromatic rings. The van der Waals surface area contributed by atoms with E-state index in [2.05, 4.69) is 5.32 Å². The van der Waals surface area contributed by atoms with E-state index in [-0.39, 0.29) is 23.7 Å². The first-order valence-corrected chi connectivity index (χ1v) is 9.94. The van der Waals surface area contributed by atoms with E-state index in [0.717, 1.165) is 44.6 Å². The van der Waals surface area contributed by atoms with Gasteiger partial charge in [-0.3, -0.25) is 9.59 Å². The molecule has 3 rings (SSSR count). The molecule has 148 valence electrons. The predicted molar refractivity (Wildman–Crippen MR) is 98.8 cm³/mol. The number of halogens is 2. The van der Waals surface area contributed by atoms with E-state index >= 15 is 0 Å². The first-order chi connectivity index (χ1) is 12.9. The van der Waals surface area contributed by atoms with Crippen molar-refractivity contribution in [1.29, 1.82) is 0 Å². The van der Waals surface area contributed by atoms with Gasteiger partial charge in [-0.2, -0.15) is 0 Å². The average molecular weight is 378 g/mol. The molecule has 0 radical (unpaired) electrons. The van der Waals surface area contributed by atoms with Gasteiger partial charge in [0.05, 0.1) is 6.04 Å². The summed E-state index contributed by atoms with van der Waals surface area (Å²) in [5.74, 6) is -0.786. The Kier molecular flexibility index (Phi) is 6.45. The molecule has 1 aliphatic carbocycles. The lowest BCUT2D eigenvalue weighted by Gasteiger charge is -2.32. The fraction of sp³-hybridized carbons (Fsp3) is 0.619. The molecule has 1 heterocycles. The molecule has 1 saturated heterocycles. The van der Waals surface area contributed by atoms with Gasteiger partial charge < -0.3 is 10.2 Å². The van der Waals surface area contributed by atoms with Crippen LogP contribution >= 0.6 is 0 Å². The zero-order chi connectivity index (χ0) is 19.4. The van der Waals surface area contributed by atoms with Crippen molar-refractivity contribution in [3.8, 4) is 0 Å². The van der Waals surface area contributed by atoms with Gasteiger partial charge in [0, 0.05) is 38.1 Å². The normalized spacial score (nSPS) is 19.9. The summed E-state index contributed by atoms with van der Waals surface area (Å²) in [7, 11) is 0. The first kappa shape index (κ1) is 19.8. The second-order valence-corrected chi connectivity index (χ2v) is 7.91. The minimum absolute atomic E-state index is 0.0750. The minimum Gasteiger partial charge on any atom is -0.349 e. The molecule has 1 saturated carbocycles. The Balaban J connectivity index is 1.64. The smallest absolute Gasteiger partial charge is 0.220 e. The van der Waals surface area contributed by atoms with E-state index in [4.69, 9.17) is 0 Å². The fourth-order valence-corrected chi connectivity index (χ4v) is 4.44.